The molecule has 0 saturated carbocycles. The van der Waals surface area contributed by atoms with Crippen LogP contribution >= 0.6 is 0 Å². The lowest BCUT2D eigenvalue weighted by atomic mass is 10.0. The quantitative estimate of drug-likeness (QED) is 0.573. The maximum Gasteiger partial charge on any atom is 0.283 e. The van der Waals surface area contributed by atoms with E-state index in [9.17, 15) is 4.79 Å². The van der Waals surface area contributed by atoms with Gasteiger partial charge in [-0.3, -0.25) is 9.36 Å². The maximum atomic E-state index is 12.6. The van der Waals surface area contributed by atoms with Crippen LogP contribution in [-0.4, -0.2) is 29.4 Å². The predicted molar refractivity (Wildman–Crippen MR) is 95.4 cm³/mol. The summed E-state index contributed by atoms with van der Waals surface area (Å²) in [7, 11) is 0. The number of rotatable bonds is 4. The summed E-state index contributed by atoms with van der Waals surface area (Å²) in [4.78, 5) is 17.0. The van der Waals surface area contributed by atoms with Gasteiger partial charge in [-0.1, -0.05) is 44.2 Å². The molecule has 0 amide bonds. The van der Waals surface area contributed by atoms with Crippen molar-refractivity contribution in [3.05, 3.63) is 52.7 Å². The fraction of sp³-hybridized carbons (Fsp3) is 0.278. The maximum absolute atomic E-state index is 12.6. The average Bonchev–Trinajstić information content (AvgIpc) is 3.03. The smallest absolute Gasteiger partial charge is 0.283 e. The largest absolute Gasteiger partial charge is 0.297 e. The Bertz CT molecular complexity index is 1110. The number of aromatic nitrogens is 6. The van der Waals surface area contributed by atoms with Crippen LogP contribution in [-0.2, 0) is 13.0 Å². The molecular formula is C18H18N6O. The molecule has 0 unspecified atom stereocenters. The van der Waals surface area contributed by atoms with E-state index in [-0.39, 0.29) is 11.1 Å². The van der Waals surface area contributed by atoms with Crippen molar-refractivity contribution in [2.45, 2.75) is 33.2 Å². The first kappa shape index (κ1) is 15.4. The Morgan fingerprint density at radius 2 is 1.84 bits per heavy atom. The normalized spacial score (nSPS) is 11.4. The Morgan fingerprint density at radius 3 is 2.56 bits per heavy atom. The van der Waals surface area contributed by atoms with E-state index in [1.165, 1.54) is 0 Å². The van der Waals surface area contributed by atoms with Crippen LogP contribution in [0.25, 0.3) is 27.9 Å². The number of aryl methyl sites for hydroxylation is 2. The number of hydrogen-bond acceptors (Lipinski definition) is 5. The number of benzene rings is 1. The molecule has 25 heavy (non-hydrogen) atoms. The summed E-state index contributed by atoms with van der Waals surface area (Å²) in [5, 5.41) is 13.1. The van der Waals surface area contributed by atoms with Gasteiger partial charge < -0.3 is 0 Å². The molecule has 0 bridgehead atoms. The molecule has 3 aromatic heterocycles. The summed E-state index contributed by atoms with van der Waals surface area (Å²) in [6.07, 6.45) is 3.16. The summed E-state index contributed by atoms with van der Waals surface area (Å²) in [5.74, 6) is 0. The lowest BCUT2D eigenvalue weighted by Crippen LogP contribution is -2.22. The Kier molecular flexibility index (Phi) is 3.76. The van der Waals surface area contributed by atoms with E-state index in [4.69, 9.17) is 0 Å². The second kappa shape index (κ2) is 6.08. The van der Waals surface area contributed by atoms with Gasteiger partial charge in [-0.2, -0.15) is 9.61 Å². The number of nitrogens with zero attached hydrogens (tertiary/aromatic N) is 6. The Balaban J connectivity index is 2.05. The molecule has 126 valence electrons. The number of fused-ring (bicyclic) bond motifs is 3. The SMILES string of the molecule is CCCn1cnc2c(nnc3c(-c4ccccc4)c(CC)nn32)c1=O. The second-order valence-electron chi connectivity index (χ2n) is 5.89. The fourth-order valence-electron chi connectivity index (χ4n) is 3.05. The molecule has 3 heterocycles. The fourth-order valence-corrected chi connectivity index (χ4v) is 3.05. The van der Waals surface area contributed by atoms with Gasteiger partial charge >= 0.3 is 0 Å². The third kappa shape index (κ3) is 2.39. The van der Waals surface area contributed by atoms with Crippen molar-refractivity contribution in [1.82, 2.24) is 29.4 Å². The van der Waals surface area contributed by atoms with Crippen LogP contribution in [0.5, 0.6) is 0 Å². The summed E-state index contributed by atoms with van der Waals surface area (Å²) >= 11 is 0. The van der Waals surface area contributed by atoms with Crippen LogP contribution in [0.1, 0.15) is 26.0 Å². The van der Waals surface area contributed by atoms with Gasteiger partial charge in [0.15, 0.2) is 16.8 Å². The Hall–Kier alpha value is -3.09. The van der Waals surface area contributed by atoms with Gasteiger partial charge in [-0.25, -0.2) is 4.98 Å². The lowest BCUT2D eigenvalue weighted by Gasteiger charge is -2.05. The monoisotopic (exact) mass is 334 g/mol. The summed E-state index contributed by atoms with van der Waals surface area (Å²) in [5.41, 5.74) is 4.01. The highest BCUT2D eigenvalue weighted by atomic mass is 16.1. The predicted octanol–water partition coefficient (Wildman–Crippen LogP) is 2.47. The topological polar surface area (TPSA) is 78.0 Å². The minimum absolute atomic E-state index is 0.184. The molecule has 7 heteroatoms. The molecule has 4 rings (SSSR count). The van der Waals surface area contributed by atoms with Crippen LogP contribution in [0.3, 0.4) is 0 Å². The molecule has 0 N–H and O–H groups in total. The van der Waals surface area contributed by atoms with E-state index in [1.807, 2.05) is 44.2 Å². The minimum Gasteiger partial charge on any atom is -0.297 e. The zero-order chi connectivity index (χ0) is 17.4. The highest BCUT2D eigenvalue weighted by molar-refractivity contribution is 5.83. The third-order valence-corrected chi connectivity index (χ3v) is 4.24. The molecule has 1 aromatic carbocycles. The molecular weight excluding hydrogens is 316 g/mol. The average molecular weight is 334 g/mol. The van der Waals surface area contributed by atoms with Gasteiger partial charge in [-0.15, -0.1) is 10.2 Å². The summed E-state index contributed by atoms with van der Waals surface area (Å²) in [6, 6.07) is 9.98. The molecule has 0 aliphatic heterocycles. The molecule has 0 saturated heterocycles. The second-order valence-corrected chi connectivity index (χ2v) is 5.89. The highest BCUT2D eigenvalue weighted by Crippen LogP contribution is 2.28. The van der Waals surface area contributed by atoms with Crippen molar-refractivity contribution in [1.29, 1.82) is 0 Å². The van der Waals surface area contributed by atoms with Crippen LogP contribution in [0.15, 0.2) is 41.5 Å². The van der Waals surface area contributed by atoms with Gasteiger partial charge in [0, 0.05) is 6.54 Å². The molecule has 0 aliphatic rings. The molecule has 0 atom stereocenters. The van der Waals surface area contributed by atoms with E-state index in [2.05, 4.69) is 20.3 Å². The van der Waals surface area contributed by atoms with Gasteiger partial charge in [0.1, 0.15) is 6.33 Å². The van der Waals surface area contributed by atoms with Crippen LogP contribution in [0.4, 0.5) is 0 Å². The van der Waals surface area contributed by atoms with Crippen molar-refractivity contribution in [3.63, 3.8) is 0 Å². The van der Waals surface area contributed by atoms with Crippen molar-refractivity contribution in [2.24, 2.45) is 0 Å². The zero-order valence-electron chi connectivity index (χ0n) is 14.2. The van der Waals surface area contributed by atoms with Crippen molar-refractivity contribution >= 4 is 16.8 Å². The lowest BCUT2D eigenvalue weighted by molar-refractivity contribution is 0.643. The summed E-state index contributed by atoms with van der Waals surface area (Å²) < 4.78 is 3.20. The van der Waals surface area contributed by atoms with Crippen molar-refractivity contribution < 1.29 is 0 Å². The van der Waals surface area contributed by atoms with Crippen LogP contribution in [0, 0.1) is 0 Å². The van der Waals surface area contributed by atoms with Crippen LogP contribution < -0.4 is 5.56 Å². The molecule has 4 aromatic rings. The first-order valence-corrected chi connectivity index (χ1v) is 8.43. The molecule has 0 aliphatic carbocycles. The van der Waals surface area contributed by atoms with Crippen molar-refractivity contribution in [2.75, 3.05) is 0 Å². The Morgan fingerprint density at radius 1 is 1.04 bits per heavy atom. The van der Waals surface area contributed by atoms with E-state index in [0.717, 1.165) is 29.7 Å². The van der Waals surface area contributed by atoms with Gasteiger partial charge in [0.2, 0.25) is 0 Å². The highest BCUT2D eigenvalue weighted by Gasteiger charge is 2.19. The van der Waals surface area contributed by atoms with Crippen molar-refractivity contribution in [3.8, 4) is 11.1 Å². The molecule has 0 spiro atoms. The van der Waals surface area contributed by atoms with Gasteiger partial charge in [-0.05, 0) is 18.4 Å². The van der Waals surface area contributed by atoms with Gasteiger partial charge in [0.05, 0.1) is 11.3 Å². The van der Waals surface area contributed by atoms with E-state index < -0.39 is 0 Å². The molecule has 0 fully saturated rings. The third-order valence-electron chi connectivity index (χ3n) is 4.24. The van der Waals surface area contributed by atoms with Gasteiger partial charge in [0.25, 0.3) is 5.56 Å². The molecule has 0 radical (unpaired) electrons. The zero-order valence-corrected chi connectivity index (χ0v) is 14.2. The van der Waals surface area contributed by atoms with E-state index in [1.54, 1.807) is 15.4 Å². The van der Waals surface area contributed by atoms with E-state index in [0.29, 0.717) is 17.8 Å². The summed E-state index contributed by atoms with van der Waals surface area (Å²) in [6.45, 7) is 4.67. The first-order chi connectivity index (χ1) is 12.2. The number of hydrogen-bond donors (Lipinski definition) is 0. The standard InChI is InChI=1S/C18H18N6O/c1-3-10-23-11-19-17-15(18(23)25)20-21-16-14(12-8-6-5-7-9-12)13(4-2)22-24(16)17/h5-9,11H,3-4,10H2,1-2H3. The Labute approximate surface area is 144 Å². The van der Waals surface area contributed by atoms with E-state index >= 15 is 0 Å². The van der Waals surface area contributed by atoms with Crippen LogP contribution in [0.2, 0.25) is 0 Å². The molecule has 7 nitrogen and oxygen atoms in total. The first-order valence-electron chi connectivity index (χ1n) is 8.43. The minimum atomic E-state index is -0.184.